The fourth-order valence-electron chi connectivity index (χ4n) is 4.64. The fraction of sp³-hybridized carbons (Fsp3) is 0.0526. The summed E-state index contributed by atoms with van der Waals surface area (Å²) in [5, 5.41) is 10.1. The molecule has 0 aromatic heterocycles. The summed E-state index contributed by atoms with van der Waals surface area (Å²) in [6.45, 7) is 0. The standard InChI is InChI=1S/C19H19N3.C13H14N2O.C6H7N.ClH/c20-16-7-1-13(2-8-16)19(14-3-9-17(21)10-4-14)15-5-11-18(22)12-6-15;14-11-5-1-9(2-6-11)13(16)10-3-7-12(15)8-4-10;7-6-4-2-1-3-5-6;/h1-12,19H,20-22H2;1-8,13,16H,14-15H2;1-5H,7H2;1H. The molecule has 8 heteroatoms. The van der Waals surface area contributed by atoms with Gasteiger partial charge in [-0.25, -0.2) is 0 Å². The summed E-state index contributed by atoms with van der Waals surface area (Å²) < 4.78 is 0. The maximum atomic E-state index is 10.1. The molecule has 46 heavy (non-hydrogen) atoms. The van der Waals surface area contributed by atoms with Crippen molar-refractivity contribution in [3.63, 3.8) is 0 Å². The molecular weight excluding hydrogens is 592 g/mol. The van der Waals surface area contributed by atoms with E-state index in [0.717, 1.165) is 33.9 Å². The molecule has 6 aromatic rings. The van der Waals surface area contributed by atoms with Crippen molar-refractivity contribution in [1.82, 2.24) is 0 Å². The molecule has 0 unspecified atom stereocenters. The summed E-state index contributed by atoms with van der Waals surface area (Å²) in [5.41, 5.74) is 43.6. The van der Waals surface area contributed by atoms with Crippen molar-refractivity contribution in [1.29, 1.82) is 0 Å². The topological polar surface area (TPSA) is 176 Å². The third kappa shape index (κ3) is 10.2. The molecular formula is C38H41ClN6O. The molecule has 13 N–H and O–H groups in total. The lowest BCUT2D eigenvalue weighted by Gasteiger charge is -2.19. The molecule has 0 aliphatic rings. The van der Waals surface area contributed by atoms with E-state index in [1.165, 1.54) is 16.7 Å². The number of anilines is 6. The average Bonchev–Trinajstić information content (AvgIpc) is 3.05. The van der Waals surface area contributed by atoms with Gasteiger partial charge < -0.3 is 39.5 Å². The molecule has 6 rings (SSSR count). The molecule has 0 saturated carbocycles. The molecule has 0 aliphatic heterocycles. The van der Waals surface area contributed by atoms with Crippen LogP contribution in [0.4, 0.5) is 34.1 Å². The Morgan fingerprint density at radius 1 is 0.304 bits per heavy atom. The van der Waals surface area contributed by atoms with E-state index in [4.69, 9.17) is 34.4 Å². The minimum Gasteiger partial charge on any atom is -0.399 e. The maximum absolute atomic E-state index is 10.1. The normalized spacial score (nSPS) is 10.2. The molecule has 7 nitrogen and oxygen atoms in total. The van der Waals surface area contributed by atoms with Gasteiger partial charge in [0, 0.05) is 40.0 Å². The number of nitrogens with two attached hydrogens (primary N) is 6. The van der Waals surface area contributed by atoms with E-state index in [9.17, 15) is 5.11 Å². The zero-order chi connectivity index (χ0) is 32.2. The fourth-order valence-corrected chi connectivity index (χ4v) is 4.64. The third-order valence-corrected chi connectivity index (χ3v) is 7.11. The molecule has 0 saturated heterocycles. The van der Waals surface area contributed by atoms with Crippen molar-refractivity contribution in [3.8, 4) is 0 Å². The van der Waals surface area contributed by atoms with Crippen molar-refractivity contribution in [3.05, 3.63) is 179 Å². The van der Waals surface area contributed by atoms with Gasteiger partial charge in [0.15, 0.2) is 0 Å². The predicted octanol–water partition coefficient (Wildman–Crippen LogP) is 7.24. The van der Waals surface area contributed by atoms with Crippen molar-refractivity contribution in [2.24, 2.45) is 0 Å². The highest BCUT2D eigenvalue weighted by molar-refractivity contribution is 5.85. The summed E-state index contributed by atoms with van der Waals surface area (Å²) in [5.74, 6) is 0.127. The molecule has 0 amide bonds. The molecule has 0 spiro atoms. The van der Waals surface area contributed by atoms with Gasteiger partial charge in [0.2, 0.25) is 0 Å². The number of para-hydroxylation sites is 1. The second-order valence-electron chi connectivity index (χ2n) is 10.6. The maximum Gasteiger partial charge on any atom is 0.104 e. The first-order valence-electron chi connectivity index (χ1n) is 14.5. The first-order valence-corrected chi connectivity index (χ1v) is 14.5. The van der Waals surface area contributed by atoms with Crippen molar-refractivity contribution in [2.75, 3.05) is 34.4 Å². The van der Waals surface area contributed by atoms with E-state index >= 15 is 0 Å². The van der Waals surface area contributed by atoms with E-state index in [1.807, 2.05) is 91.0 Å². The molecule has 6 aromatic carbocycles. The van der Waals surface area contributed by atoms with Crippen LogP contribution < -0.4 is 34.4 Å². The molecule has 236 valence electrons. The first kappa shape index (κ1) is 34.9. The monoisotopic (exact) mass is 632 g/mol. The summed E-state index contributed by atoms with van der Waals surface area (Å²) in [4.78, 5) is 0. The highest BCUT2D eigenvalue weighted by Crippen LogP contribution is 2.33. The lowest BCUT2D eigenvalue weighted by molar-refractivity contribution is 0.220. The van der Waals surface area contributed by atoms with Crippen LogP contribution in [-0.2, 0) is 0 Å². The van der Waals surface area contributed by atoms with Crippen LogP contribution in [0.5, 0.6) is 0 Å². The Kier molecular flexibility index (Phi) is 12.9. The number of halogens is 1. The summed E-state index contributed by atoms with van der Waals surface area (Å²) in [6, 6.07) is 47.8. The Morgan fingerprint density at radius 3 is 0.739 bits per heavy atom. The van der Waals surface area contributed by atoms with Crippen LogP contribution in [0.1, 0.15) is 39.8 Å². The molecule has 0 heterocycles. The van der Waals surface area contributed by atoms with Crippen LogP contribution >= 0.6 is 12.4 Å². The van der Waals surface area contributed by atoms with Gasteiger partial charge in [-0.2, -0.15) is 0 Å². The smallest absolute Gasteiger partial charge is 0.104 e. The zero-order valence-corrected chi connectivity index (χ0v) is 26.2. The highest BCUT2D eigenvalue weighted by atomic mass is 35.5. The van der Waals surface area contributed by atoms with Gasteiger partial charge in [-0.05, 0) is 101 Å². The molecule has 0 bridgehead atoms. The van der Waals surface area contributed by atoms with Crippen LogP contribution in [0.25, 0.3) is 0 Å². The van der Waals surface area contributed by atoms with Crippen molar-refractivity contribution >= 4 is 46.5 Å². The largest absolute Gasteiger partial charge is 0.399 e. The second kappa shape index (κ2) is 17.0. The summed E-state index contributed by atoms with van der Waals surface area (Å²) in [6.07, 6.45) is -0.638. The number of benzene rings is 6. The number of nitrogen functional groups attached to an aromatic ring is 6. The van der Waals surface area contributed by atoms with Gasteiger partial charge in [-0.3, -0.25) is 0 Å². The van der Waals surface area contributed by atoms with E-state index < -0.39 is 6.10 Å². The Balaban J connectivity index is 0.000000210. The van der Waals surface area contributed by atoms with Gasteiger partial charge in [0.25, 0.3) is 0 Å². The highest BCUT2D eigenvalue weighted by Gasteiger charge is 2.16. The molecule has 0 atom stereocenters. The molecule has 0 fully saturated rings. The first-order chi connectivity index (χ1) is 21.7. The van der Waals surface area contributed by atoms with Crippen LogP contribution in [-0.4, -0.2) is 5.11 Å². The van der Waals surface area contributed by atoms with E-state index in [2.05, 4.69) is 36.4 Å². The zero-order valence-electron chi connectivity index (χ0n) is 25.4. The lowest BCUT2D eigenvalue weighted by Crippen LogP contribution is -2.04. The van der Waals surface area contributed by atoms with Gasteiger partial charge in [0.1, 0.15) is 6.10 Å². The minimum absolute atomic E-state index is 0. The van der Waals surface area contributed by atoms with Crippen LogP contribution in [0.3, 0.4) is 0 Å². The average molecular weight is 633 g/mol. The summed E-state index contributed by atoms with van der Waals surface area (Å²) >= 11 is 0. The van der Waals surface area contributed by atoms with Gasteiger partial charge in [-0.15, -0.1) is 12.4 Å². The van der Waals surface area contributed by atoms with Crippen LogP contribution in [0.2, 0.25) is 0 Å². The number of aliphatic hydroxyl groups is 1. The number of aliphatic hydroxyl groups excluding tert-OH is 1. The van der Waals surface area contributed by atoms with Crippen LogP contribution in [0.15, 0.2) is 152 Å². The third-order valence-electron chi connectivity index (χ3n) is 7.11. The predicted molar refractivity (Wildman–Crippen MR) is 197 cm³/mol. The van der Waals surface area contributed by atoms with Gasteiger partial charge in [-0.1, -0.05) is 78.9 Å². The van der Waals surface area contributed by atoms with Gasteiger partial charge in [0.05, 0.1) is 0 Å². The van der Waals surface area contributed by atoms with E-state index in [0.29, 0.717) is 11.4 Å². The van der Waals surface area contributed by atoms with Gasteiger partial charge >= 0.3 is 0 Å². The quantitative estimate of drug-likeness (QED) is 0.0773. The van der Waals surface area contributed by atoms with Crippen molar-refractivity contribution < 1.29 is 5.11 Å². The molecule has 0 aliphatic carbocycles. The number of rotatable bonds is 5. The van der Waals surface area contributed by atoms with Crippen molar-refractivity contribution in [2.45, 2.75) is 12.0 Å². The Labute approximate surface area is 276 Å². The van der Waals surface area contributed by atoms with Crippen LogP contribution in [0, 0.1) is 0 Å². The summed E-state index contributed by atoms with van der Waals surface area (Å²) in [7, 11) is 0. The number of hydrogen-bond donors (Lipinski definition) is 7. The molecule has 0 radical (unpaired) electrons. The van der Waals surface area contributed by atoms with E-state index in [1.54, 1.807) is 24.3 Å². The van der Waals surface area contributed by atoms with E-state index in [-0.39, 0.29) is 18.3 Å². The lowest BCUT2D eigenvalue weighted by atomic mass is 9.85. The number of hydrogen-bond acceptors (Lipinski definition) is 7. The SMILES string of the molecule is Cl.Nc1ccc(C(O)c2ccc(N)cc2)cc1.Nc1ccc(C(c2ccc(N)cc2)c2ccc(N)cc2)cc1.Nc1ccccc1. The Hall–Kier alpha value is -5.63. The minimum atomic E-state index is -0.638. The second-order valence-corrected chi connectivity index (χ2v) is 10.6. The Morgan fingerprint density at radius 2 is 0.522 bits per heavy atom. The Bertz CT molecular complexity index is 1580.